The third-order valence-corrected chi connectivity index (χ3v) is 4.38. The van der Waals surface area contributed by atoms with E-state index in [-0.39, 0.29) is 10.8 Å². The van der Waals surface area contributed by atoms with Crippen LogP contribution < -0.4 is 5.43 Å². The SMILES string of the molecule is CN(C)C1C=Cc2oc3ccccc3c(=O)c2S1. The monoisotopic (exact) mass is 259 g/mol. The van der Waals surface area contributed by atoms with Crippen molar-refractivity contribution >= 4 is 28.8 Å². The molecule has 3 rings (SSSR count). The summed E-state index contributed by atoms with van der Waals surface area (Å²) in [5, 5.41) is 0.832. The molecule has 0 fully saturated rings. The number of nitrogens with zero attached hydrogens (tertiary/aromatic N) is 1. The summed E-state index contributed by atoms with van der Waals surface area (Å²) >= 11 is 1.54. The first-order valence-electron chi connectivity index (χ1n) is 5.74. The molecule has 0 spiro atoms. The van der Waals surface area contributed by atoms with E-state index in [4.69, 9.17) is 4.42 Å². The van der Waals surface area contributed by atoms with Crippen LogP contribution in [-0.4, -0.2) is 24.4 Å². The number of likely N-dealkylation sites (N-methyl/N-ethyl adjacent to an activating group) is 1. The first-order chi connectivity index (χ1) is 8.66. The van der Waals surface area contributed by atoms with Crippen molar-refractivity contribution in [2.45, 2.75) is 10.3 Å². The standard InChI is InChI=1S/C14H13NO2S/c1-15(2)12-8-7-11-14(18-12)13(16)9-5-3-4-6-10(9)17-11/h3-8,12H,1-2H3. The lowest BCUT2D eigenvalue weighted by atomic mass is 10.2. The van der Waals surface area contributed by atoms with Gasteiger partial charge >= 0.3 is 0 Å². The van der Waals surface area contributed by atoms with Gasteiger partial charge in [0.25, 0.3) is 0 Å². The zero-order chi connectivity index (χ0) is 12.7. The lowest BCUT2D eigenvalue weighted by Crippen LogP contribution is -2.25. The van der Waals surface area contributed by atoms with Gasteiger partial charge in [-0.2, -0.15) is 0 Å². The Hall–Kier alpha value is -1.52. The van der Waals surface area contributed by atoms with E-state index >= 15 is 0 Å². The highest BCUT2D eigenvalue weighted by molar-refractivity contribution is 8.00. The van der Waals surface area contributed by atoms with E-state index in [1.165, 1.54) is 11.8 Å². The summed E-state index contributed by atoms with van der Waals surface area (Å²) < 4.78 is 5.77. The Bertz CT molecular complexity index is 688. The van der Waals surface area contributed by atoms with E-state index in [2.05, 4.69) is 4.90 Å². The molecule has 2 aromatic rings. The molecular formula is C14H13NO2S. The average Bonchev–Trinajstić information content (AvgIpc) is 2.38. The van der Waals surface area contributed by atoms with Gasteiger partial charge in [-0.15, -0.1) is 0 Å². The van der Waals surface area contributed by atoms with Crippen LogP contribution in [0, 0.1) is 0 Å². The molecule has 0 N–H and O–H groups in total. The molecule has 3 nitrogen and oxygen atoms in total. The molecule has 4 heteroatoms. The summed E-state index contributed by atoms with van der Waals surface area (Å²) in [6.45, 7) is 0. The smallest absolute Gasteiger partial charge is 0.206 e. The van der Waals surface area contributed by atoms with Crippen LogP contribution >= 0.6 is 11.8 Å². The van der Waals surface area contributed by atoms with E-state index in [0.29, 0.717) is 21.6 Å². The van der Waals surface area contributed by atoms with Crippen LogP contribution in [0.5, 0.6) is 0 Å². The van der Waals surface area contributed by atoms with Gasteiger partial charge in [-0.1, -0.05) is 30.0 Å². The van der Waals surface area contributed by atoms with Crippen LogP contribution in [0.4, 0.5) is 0 Å². The van der Waals surface area contributed by atoms with Crippen molar-refractivity contribution in [1.29, 1.82) is 0 Å². The number of hydrogen-bond donors (Lipinski definition) is 0. The summed E-state index contributed by atoms with van der Waals surface area (Å²) in [4.78, 5) is 15.2. The molecule has 1 aromatic carbocycles. The van der Waals surface area contributed by atoms with Crippen molar-refractivity contribution in [3.8, 4) is 0 Å². The molecule has 0 aliphatic carbocycles. The Labute approximate surface area is 109 Å². The normalized spacial score (nSPS) is 18.3. The fourth-order valence-corrected chi connectivity index (χ4v) is 3.02. The Morgan fingerprint density at radius 2 is 2.06 bits per heavy atom. The Morgan fingerprint density at radius 3 is 2.83 bits per heavy atom. The Kier molecular flexibility index (Phi) is 2.76. The van der Waals surface area contributed by atoms with Gasteiger partial charge in [0.2, 0.25) is 5.43 Å². The zero-order valence-electron chi connectivity index (χ0n) is 10.2. The topological polar surface area (TPSA) is 33.5 Å². The number of benzene rings is 1. The van der Waals surface area contributed by atoms with Crippen LogP contribution in [0.1, 0.15) is 5.76 Å². The number of fused-ring (bicyclic) bond motifs is 2. The lowest BCUT2D eigenvalue weighted by Gasteiger charge is -2.23. The number of para-hydroxylation sites is 1. The molecule has 0 saturated heterocycles. The molecule has 92 valence electrons. The van der Waals surface area contributed by atoms with Crippen molar-refractivity contribution in [3.05, 3.63) is 46.3 Å². The van der Waals surface area contributed by atoms with Crippen LogP contribution in [0.2, 0.25) is 0 Å². The van der Waals surface area contributed by atoms with Crippen molar-refractivity contribution < 1.29 is 4.42 Å². The third-order valence-electron chi connectivity index (χ3n) is 2.94. The number of thioether (sulfide) groups is 1. The van der Waals surface area contributed by atoms with Crippen molar-refractivity contribution in [3.63, 3.8) is 0 Å². The molecule has 0 radical (unpaired) electrons. The minimum atomic E-state index is 0.0630. The summed E-state index contributed by atoms with van der Waals surface area (Å²) in [5.41, 5.74) is 0.711. The second-order valence-corrected chi connectivity index (χ2v) is 5.58. The maximum Gasteiger partial charge on any atom is 0.206 e. The van der Waals surface area contributed by atoms with Gasteiger partial charge in [0.1, 0.15) is 16.2 Å². The van der Waals surface area contributed by atoms with E-state index in [1.807, 2.05) is 50.5 Å². The largest absolute Gasteiger partial charge is 0.455 e. The maximum atomic E-state index is 12.4. The second kappa shape index (κ2) is 4.30. The van der Waals surface area contributed by atoms with Crippen LogP contribution in [0.25, 0.3) is 17.0 Å². The number of hydrogen-bond acceptors (Lipinski definition) is 4. The molecule has 0 amide bonds. The van der Waals surface area contributed by atoms with Crippen LogP contribution in [0.3, 0.4) is 0 Å². The molecule has 1 unspecified atom stereocenters. The van der Waals surface area contributed by atoms with E-state index in [9.17, 15) is 4.79 Å². The Morgan fingerprint density at radius 1 is 1.28 bits per heavy atom. The lowest BCUT2D eigenvalue weighted by molar-refractivity contribution is 0.426. The predicted molar refractivity (Wildman–Crippen MR) is 74.9 cm³/mol. The first kappa shape index (κ1) is 11.6. The van der Waals surface area contributed by atoms with Gasteiger partial charge in [0.05, 0.1) is 10.8 Å². The first-order valence-corrected chi connectivity index (χ1v) is 6.62. The van der Waals surface area contributed by atoms with Gasteiger partial charge in [0.15, 0.2) is 0 Å². The molecule has 0 bridgehead atoms. The minimum absolute atomic E-state index is 0.0630. The van der Waals surface area contributed by atoms with E-state index in [0.717, 1.165) is 0 Å². The molecule has 1 aliphatic heterocycles. The van der Waals surface area contributed by atoms with Gasteiger partial charge in [0, 0.05) is 0 Å². The van der Waals surface area contributed by atoms with Gasteiger partial charge in [-0.25, -0.2) is 0 Å². The van der Waals surface area contributed by atoms with Crippen molar-refractivity contribution in [1.82, 2.24) is 4.90 Å². The molecular weight excluding hydrogens is 246 g/mol. The molecule has 2 heterocycles. The summed E-state index contributed by atoms with van der Waals surface area (Å²) in [6, 6.07) is 7.37. The van der Waals surface area contributed by atoms with Gasteiger partial charge in [-0.3, -0.25) is 9.69 Å². The average molecular weight is 259 g/mol. The third kappa shape index (κ3) is 1.78. The highest BCUT2D eigenvalue weighted by Crippen LogP contribution is 2.33. The van der Waals surface area contributed by atoms with Crippen molar-refractivity contribution in [2.24, 2.45) is 0 Å². The van der Waals surface area contributed by atoms with E-state index in [1.54, 1.807) is 0 Å². The summed E-state index contributed by atoms with van der Waals surface area (Å²) in [6.07, 6.45) is 3.94. The van der Waals surface area contributed by atoms with Crippen molar-refractivity contribution in [2.75, 3.05) is 14.1 Å². The van der Waals surface area contributed by atoms with Gasteiger partial charge in [-0.05, 0) is 32.3 Å². The maximum absolute atomic E-state index is 12.4. The summed E-state index contributed by atoms with van der Waals surface area (Å²) in [5.74, 6) is 0.668. The zero-order valence-corrected chi connectivity index (χ0v) is 11.0. The quantitative estimate of drug-likeness (QED) is 0.788. The second-order valence-electron chi connectivity index (χ2n) is 4.45. The fraction of sp³-hybridized carbons (Fsp3) is 0.214. The number of rotatable bonds is 1. The minimum Gasteiger partial charge on any atom is -0.455 e. The fourth-order valence-electron chi connectivity index (χ4n) is 1.97. The van der Waals surface area contributed by atoms with Gasteiger partial charge < -0.3 is 4.42 Å². The molecule has 1 aliphatic rings. The molecule has 0 saturated carbocycles. The van der Waals surface area contributed by atoms with Crippen LogP contribution in [0.15, 0.2) is 44.4 Å². The summed E-state index contributed by atoms with van der Waals surface area (Å²) in [7, 11) is 3.99. The molecule has 1 atom stereocenters. The highest BCUT2D eigenvalue weighted by Gasteiger charge is 2.21. The highest BCUT2D eigenvalue weighted by atomic mass is 32.2. The predicted octanol–water partition coefficient (Wildman–Crippen LogP) is 2.80. The van der Waals surface area contributed by atoms with E-state index < -0.39 is 0 Å². The van der Waals surface area contributed by atoms with Crippen LogP contribution in [-0.2, 0) is 0 Å². The molecule has 1 aromatic heterocycles. The Balaban J connectivity index is 2.23. The molecule has 18 heavy (non-hydrogen) atoms.